The summed E-state index contributed by atoms with van der Waals surface area (Å²) < 4.78 is 6.87. The van der Waals surface area contributed by atoms with Crippen LogP contribution in [-0.2, 0) is 16.1 Å². The Hall–Kier alpha value is -2.64. The van der Waals surface area contributed by atoms with E-state index in [2.05, 4.69) is 25.8 Å². The first-order chi connectivity index (χ1) is 13.2. The van der Waals surface area contributed by atoms with Gasteiger partial charge in [-0.25, -0.2) is 4.99 Å². The van der Waals surface area contributed by atoms with E-state index >= 15 is 0 Å². The molecule has 2 aromatic heterocycles. The lowest BCUT2D eigenvalue weighted by atomic mass is 10.1. The SMILES string of the molecule is CCNC(=NCc1nnc2ccccn12)NCCCCCCC(=O)OCC. The third-order valence-electron chi connectivity index (χ3n) is 4.01. The van der Waals surface area contributed by atoms with Crippen molar-refractivity contribution in [2.45, 2.75) is 52.5 Å². The number of aromatic nitrogens is 3. The maximum absolute atomic E-state index is 11.3. The number of carbonyl (C=O) groups is 1. The smallest absolute Gasteiger partial charge is 0.305 e. The molecule has 0 aliphatic carbocycles. The quantitative estimate of drug-likeness (QED) is 0.271. The molecule has 0 aliphatic heterocycles. The van der Waals surface area contributed by atoms with E-state index in [1.54, 1.807) is 0 Å². The first-order valence-corrected chi connectivity index (χ1v) is 9.71. The van der Waals surface area contributed by atoms with Crippen molar-refractivity contribution in [3.63, 3.8) is 0 Å². The Balaban J connectivity index is 1.70. The van der Waals surface area contributed by atoms with Crippen LogP contribution < -0.4 is 10.6 Å². The van der Waals surface area contributed by atoms with E-state index in [0.717, 1.165) is 56.2 Å². The number of rotatable bonds is 11. The van der Waals surface area contributed by atoms with E-state index in [1.165, 1.54) is 0 Å². The van der Waals surface area contributed by atoms with Gasteiger partial charge in [0.05, 0.1) is 6.61 Å². The van der Waals surface area contributed by atoms with Crippen molar-refractivity contribution >= 4 is 17.6 Å². The van der Waals surface area contributed by atoms with Gasteiger partial charge in [0.2, 0.25) is 0 Å². The molecule has 148 valence electrons. The summed E-state index contributed by atoms with van der Waals surface area (Å²) in [6.07, 6.45) is 6.46. The number of hydrogen-bond donors (Lipinski definition) is 2. The van der Waals surface area contributed by atoms with Crippen molar-refractivity contribution in [2.75, 3.05) is 19.7 Å². The predicted octanol–water partition coefficient (Wildman–Crippen LogP) is 2.30. The Morgan fingerprint density at radius 2 is 2.00 bits per heavy atom. The van der Waals surface area contributed by atoms with E-state index in [1.807, 2.05) is 42.6 Å². The summed E-state index contributed by atoms with van der Waals surface area (Å²) in [5.74, 6) is 1.48. The van der Waals surface area contributed by atoms with Crippen LogP contribution in [-0.4, -0.2) is 46.2 Å². The largest absolute Gasteiger partial charge is 0.466 e. The molecular formula is C19H30N6O2. The highest BCUT2D eigenvalue weighted by molar-refractivity contribution is 5.79. The van der Waals surface area contributed by atoms with Crippen molar-refractivity contribution in [1.82, 2.24) is 25.2 Å². The normalized spacial score (nSPS) is 11.6. The minimum absolute atomic E-state index is 0.0989. The number of esters is 1. The van der Waals surface area contributed by atoms with Crippen LogP contribution in [0.1, 0.15) is 51.8 Å². The fourth-order valence-corrected chi connectivity index (χ4v) is 2.68. The Labute approximate surface area is 160 Å². The predicted molar refractivity (Wildman–Crippen MR) is 106 cm³/mol. The van der Waals surface area contributed by atoms with Gasteiger partial charge < -0.3 is 15.4 Å². The number of unbranched alkanes of at least 4 members (excludes halogenated alkanes) is 3. The maximum atomic E-state index is 11.3. The molecule has 0 radical (unpaired) electrons. The molecule has 0 saturated carbocycles. The van der Waals surface area contributed by atoms with Gasteiger partial charge >= 0.3 is 5.97 Å². The van der Waals surface area contributed by atoms with Crippen LogP contribution in [0.15, 0.2) is 29.4 Å². The Morgan fingerprint density at radius 3 is 2.81 bits per heavy atom. The molecule has 2 rings (SSSR count). The first-order valence-electron chi connectivity index (χ1n) is 9.71. The molecule has 0 aliphatic rings. The standard InChI is InChI=1S/C19H30N6O2/c1-3-20-19(21-13-9-6-5-7-12-18(26)27-4-2)22-15-17-24-23-16-11-8-10-14-25(16)17/h8,10-11,14H,3-7,9,12-13,15H2,1-2H3,(H2,20,21,22). The second kappa shape index (κ2) is 11.9. The Morgan fingerprint density at radius 1 is 1.15 bits per heavy atom. The van der Waals surface area contributed by atoms with Gasteiger partial charge in [-0.05, 0) is 38.8 Å². The molecule has 27 heavy (non-hydrogen) atoms. The second-order valence-corrected chi connectivity index (χ2v) is 6.14. The van der Waals surface area contributed by atoms with Gasteiger partial charge in [0.25, 0.3) is 0 Å². The Kier molecular flexibility index (Phi) is 9.09. The van der Waals surface area contributed by atoms with Crippen LogP contribution in [0.3, 0.4) is 0 Å². The lowest BCUT2D eigenvalue weighted by molar-refractivity contribution is -0.143. The van der Waals surface area contributed by atoms with Gasteiger partial charge in [-0.3, -0.25) is 9.20 Å². The van der Waals surface area contributed by atoms with E-state index in [9.17, 15) is 4.79 Å². The summed E-state index contributed by atoms with van der Waals surface area (Å²) in [4.78, 5) is 15.9. The molecule has 8 heteroatoms. The highest BCUT2D eigenvalue weighted by Crippen LogP contribution is 2.05. The molecule has 2 aromatic rings. The topological polar surface area (TPSA) is 92.9 Å². The van der Waals surface area contributed by atoms with Gasteiger partial charge in [0.15, 0.2) is 17.4 Å². The third-order valence-corrected chi connectivity index (χ3v) is 4.01. The number of nitrogens with one attached hydrogen (secondary N) is 2. The summed E-state index contributed by atoms with van der Waals surface area (Å²) in [6, 6.07) is 5.82. The zero-order valence-electron chi connectivity index (χ0n) is 16.3. The van der Waals surface area contributed by atoms with E-state index < -0.39 is 0 Å². The van der Waals surface area contributed by atoms with Crippen LogP contribution in [0, 0.1) is 0 Å². The minimum Gasteiger partial charge on any atom is -0.466 e. The Bertz CT molecular complexity index is 728. The fourth-order valence-electron chi connectivity index (χ4n) is 2.68. The number of aliphatic imine (C=N–C) groups is 1. The molecule has 0 fully saturated rings. The van der Waals surface area contributed by atoms with Gasteiger partial charge in [0, 0.05) is 25.7 Å². The average molecular weight is 374 g/mol. The fraction of sp³-hybridized carbons (Fsp3) is 0.579. The van der Waals surface area contributed by atoms with Gasteiger partial charge in [0.1, 0.15) is 6.54 Å². The molecule has 2 heterocycles. The number of carbonyl (C=O) groups excluding carboxylic acids is 1. The van der Waals surface area contributed by atoms with Crippen molar-refractivity contribution in [3.8, 4) is 0 Å². The van der Waals surface area contributed by atoms with E-state index in [-0.39, 0.29) is 5.97 Å². The number of ether oxygens (including phenoxy) is 1. The van der Waals surface area contributed by atoms with Crippen molar-refractivity contribution in [3.05, 3.63) is 30.2 Å². The molecule has 0 bridgehead atoms. The van der Waals surface area contributed by atoms with E-state index in [4.69, 9.17) is 4.74 Å². The zero-order chi connectivity index (χ0) is 19.3. The van der Waals surface area contributed by atoms with Crippen LogP contribution in [0.4, 0.5) is 0 Å². The lowest BCUT2D eigenvalue weighted by Gasteiger charge is -2.11. The van der Waals surface area contributed by atoms with Gasteiger partial charge in [-0.2, -0.15) is 0 Å². The monoisotopic (exact) mass is 374 g/mol. The summed E-state index contributed by atoms with van der Waals surface area (Å²) in [6.45, 7) is 6.43. The van der Waals surface area contributed by atoms with E-state index in [0.29, 0.717) is 19.6 Å². The number of fused-ring (bicyclic) bond motifs is 1. The van der Waals surface area contributed by atoms with Gasteiger partial charge in [-0.1, -0.05) is 18.9 Å². The summed E-state index contributed by atoms with van der Waals surface area (Å²) in [5, 5.41) is 14.9. The lowest BCUT2D eigenvalue weighted by Crippen LogP contribution is -2.37. The average Bonchev–Trinajstić information content (AvgIpc) is 3.08. The van der Waals surface area contributed by atoms with Crippen molar-refractivity contribution < 1.29 is 9.53 Å². The zero-order valence-corrected chi connectivity index (χ0v) is 16.3. The van der Waals surface area contributed by atoms with Gasteiger partial charge in [-0.15, -0.1) is 10.2 Å². The molecular weight excluding hydrogens is 344 g/mol. The second-order valence-electron chi connectivity index (χ2n) is 6.14. The third kappa shape index (κ3) is 7.24. The number of hydrogen-bond acceptors (Lipinski definition) is 5. The molecule has 8 nitrogen and oxygen atoms in total. The molecule has 0 unspecified atom stereocenters. The van der Waals surface area contributed by atoms with Crippen LogP contribution in [0.5, 0.6) is 0 Å². The first kappa shape index (κ1) is 20.7. The highest BCUT2D eigenvalue weighted by atomic mass is 16.5. The summed E-state index contributed by atoms with van der Waals surface area (Å²) >= 11 is 0. The van der Waals surface area contributed by atoms with Crippen LogP contribution in [0.2, 0.25) is 0 Å². The molecule has 0 amide bonds. The van der Waals surface area contributed by atoms with Crippen molar-refractivity contribution in [2.24, 2.45) is 4.99 Å². The summed E-state index contributed by atoms with van der Waals surface area (Å²) in [5.41, 5.74) is 0.823. The molecule has 0 spiro atoms. The van der Waals surface area contributed by atoms with Crippen LogP contribution in [0.25, 0.3) is 5.65 Å². The summed E-state index contributed by atoms with van der Waals surface area (Å²) in [7, 11) is 0. The van der Waals surface area contributed by atoms with Crippen molar-refractivity contribution in [1.29, 1.82) is 0 Å². The highest BCUT2D eigenvalue weighted by Gasteiger charge is 2.05. The molecule has 0 aromatic carbocycles. The maximum Gasteiger partial charge on any atom is 0.305 e. The number of pyridine rings is 1. The number of guanidine groups is 1. The minimum atomic E-state index is -0.0989. The molecule has 0 atom stereocenters. The molecule has 2 N–H and O–H groups in total. The number of nitrogens with zero attached hydrogens (tertiary/aromatic N) is 4. The van der Waals surface area contributed by atoms with Crippen LogP contribution >= 0.6 is 0 Å². The molecule has 0 saturated heterocycles.